The van der Waals surface area contributed by atoms with Crippen LogP contribution in [0.25, 0.3) is 0 Å². The normalized spacial score (nSPS) is 15.6. The van der Waals surface area contributed by atoms with Crippen LogP contribution in [0.4, 0.5) is 15.8 Å². The van der Waals surface area contributed by atoms with Crippen molar-refractivity contribution in [1.82, 2.24) is 9.88 Å². The summed E-state index contributed by atoms with van der Waals surface area (Å²) in [6.07, 6.45) is 3.53. The molecule has 2 heterocycles. The Morgan fingerprint density at radius 1 is 1.13 bits per heavy atom. The lowest BCUT2D eigenvalue weighted by molar-refractivity contribution is -0.384. The first-order valence-corrected chi connectivity index (χ1v) is 7.43. The molecule has 1 fully saturated rings. The molecule has 1 aromatic carbocycles. The predicted octanol–water partition coefficient (Wildman–Crippen LogP) is 2.45. The van der Waals surface area contributed by atoms with E-state index in [-0.39, 0.29) is 5.69 Å². The van der Waals surface area contributed by atoms with Crippen LogP contribution in [0.2, 0.25) is 0 Å². The van der Waals surface area contributed by atoms with E-state index in [4.69, 9.17) is 0 Å². The van der Waals surface area contributed by atoms with Gasteiger partial charge in [-0.25, -0.2) is 4.39 Å². The van der Waals surface area contributed by atoms with Gasteiger partial charge in [0.15, 0.2) is 0 Å². The Hall–Kier alpha value is -2.54. The number of anilines is 1. The van der Waals surface area contributed by atoms with Crippen LogP contribution in [0, 0.1) is 15.9 Å². The Morgan fingerprint density at radius 3 is 2.48 bits per heavy atom. The van der Waals surface area contributed by atoms with Gasteiger partial charge in [-0.15, -0.1) is 0 Å². The summed E-state index contributed by atoms with van der Waals surface area (Å²) in [5, 5.41) is 11.1. The Morgan fingerprint density at radius 2 is 1.83 bits per heavy atom. The van der Waals surface area contributed by atoms with E-state index < -0.39 is 10.7 Å². The number of aromatic nitrogens is 1. The van der Waals surface area contributed by atoms with Crippen molar-refractivity contribution in [3.63, 3.8) is 0 Å². The summed E-state index contributed by atoms with van der Waals surface area (Å²) in [6, 6.07) is 7.56. The minimum atomic E-state index is -0.460. The van der Waals surface area contributed by atoms with Crippen LogP contribution >= 0.6 is 0 Å². The molecule has 0 saturated carbocycles. The fourth-order valence-corrected chi connectivity index (χ4v) is 2.80. The Labute approximate surface area is 133 Å². The average Bonchev–Trinajstić information content (AvgIpc) is 2.56. The van der Waals surface area contributed by atoms with Crippen molar-refractivity contribution in [1.29, 1.82) is 0 Å². The lowest BCUT2D eigenvalue weighted by atomic mass is 10.2. The summed E-state index contributed by atoms with van der Waals surface area (Å²) < 4.78 is 13.5. The van der Waals surface area contributed by atoms with Gasteiger partial charge in [0.1, 0.15) is 11.5 Å². The van der Waals surface area contributed by atoms with Crippen LogP contribution in [0.3, 0.4) is 0 Å². The summed E-state index contributed by atoms with van der Waals surface area (Å²) in [7, 11) is 0. The fraction of sp³-hybridized carbons (Fsp3) is 0.312. The van der Waals surface area contributed by atoms with Gasteiger partial charge in [-0.05, 0) is 23.8 Å². The number of hydrogen-bond acceptors (Lipinski definition) is 5. The highest BCUT2D eigenvalue weighted by atomic mass is 19.1. The molecule has 2 aromatic rings. The fourth-order valence-electron chi connectivity index (χ4n) is 2.80. The first kappa shape index (κ1) is 15.4. The van der Waals surface area contributed by atoms with Crippen molar-refractivity contribution in [3.05, 3.63) is 64.2 Å². The number of pyridine rings is 1. The van der Waals surface area contributed by atoms with Crippen LogP contribution in [-0.4, -0.2) is 41.0 Å². The van der Waals surface area contributed by atoms with E-state index in [9.17, 15) is 14.5 Å². The van der Waals surface area contributed by atoms with E-state index in [0.717, 1.165) is 25.7 Å². The minimum Gasteiger partial charge on any atom is -0.363 e. The van der Waals surface area contributed by atoms with Gasteiger partial charge in [0.25, 0.3) is 5.69 Å². The number of benzene rings is 1. The van der Waals surface area contributed by atoms with E-state index in [1.165, 1.54) is 17.7 Å². The van der Waals surface area contributed by atoms with Gasteiger partial charge in [-0.3, -0.25) is 20.0 Å². The average molecular weight is 316 g/mol. The molecule has 0 amide bonds. The number of nitro benzene ring substituents is 1. The molecule has 1 aliphatic heterocycles. The summed E-state index contributed by atoms with van der Waals surface area (Å²) >= 11 is 0. The Bertz CT molecular complexity index is 688. The number of halogens is 1. The number of nitro groups is 1. The van der Waals surface area contributed by atoms with E-state index in [2.05, 4.69) is 9.88 Å². The van der Waals surface area contributed by atoms with Gasteiger partial charge in [-0.2, -0.15) is 0 Å². The third-order valence-electron chi connectivity index (χ3n) is 4.00. The number of hydrogen-bond donors (Lipinski definition) is 0. The van der Waals surface area contributed by atoms with Gasteiger partial charge in [-0.1, -0.05) is 0 Å². The van der Waals surface area contributed by atoms with Crippen molar-refractivity contribution in [2.45, 2.75) is 6.54 Å². The van der Waals surface area contributed by atoms with Crippen LogP contribution in [-0.2, 0) is 6.54 Å². The Kier molecular flexibility index (Phi) is 4.47. The van der Waals surface area contributed by atoms with Crippen LogP contribution in [0.15, 0.2) is 42.7 Å². The van der Waals surface area contributed by atoms with E-state index in [0.29, 0.717) is 18.8 Å². The van der Waals surface area contributed by atoms with Crippen molar-refractivity contribution < 1.29 is 9.31 Å². The first-order chi connectivity index (χ1) is 11.1. The maximum Gasteiger partial charge on any atom is 0.292 e. The summed E-state index contributed by atoms with van der Waals surface area (Å²) in [6.45, 7) is 3.64. The topological polar surface area (TPSA) is 62.5 Å². The van der Waals surface area contributed by atoms with E-state index >= 15 is 0 Å². The zero-order valence-corrected chi connectivity index (χ0v) is 12.6. The predicted molar refractivity (Wildman–Crippen MR) is 84.8 cm³/mol. The second-order valence-corrected chi connectivity index (χ2v) is 5.51. The standard InChI is InChI=1S/C16H17FN4O2/c17-14-1-2-15(21(22)23)16(11-14)20-9-7-19(8-10-20)12-13-3-5-18-6-4-13/h1-6,11H,7-10,12H2. The van der Waals surface area contributed by atoms with Gasteiger partial charge in [0, 0.05) is 57.3 Å². The summed E-state index contributed by atoms with van der Waals surface area (Å²) in [5.41, 5.74) is 1.50. The largest absolute Gasteiger partial charge is 0.363 e. The van der Waals surface area contributed by atoms with Gasteiger partial charge < -0.3 is 4.90 Å². The quantitative estimate of drug-likeness (QED) is 0.640. The van der Waals surface area contributed by atoms with Crippen molar-refractivity contribution >= 4 is 11.4 Å². The molecule has 0 atom stereocenters. The Balaban J connectivity index is 1.67. The lowest BCUT2D eigenvalue weighted by Crippen LogP contribution is -2.46. The number of nitrogens with zero attached hydrogens (tertiary/aromatic N) is 4. The highest BCUT2D eigenvalue weighted by Gasteiger charge is 2.24. The molecule has 0 radical (unpaired) electrons. The monoisotopic (exact) mass is 316 g/mol. The van der Waals surface area contributed by atoms with Gasteiger partial charge >= 0.3 is 0 Å². The molecule has 0 spiro atoms. The summed E-state index contributed by atoms with van der Waals surface area (Å²) in [5.74, 6) is -0.454. The molecule has 0 bridgehead atoms. The molecular formula is C16H17FN4O2. The third-order valence-corrected chi connectivity index (χ3v) is 4.00. The van der Waals surface area contributed by atoms with Gasteiger partial charge in [0.05, 0.1) is 4.92 Å². The smallest absolute Gasteiger partial charge is 0.292 e. The zero-order valence-electron chi connectivity index (χ0n) is 12.6. The molecule has 120 valence electrons. The van der Waals surface area contributed by atoms with E-state index in [1.54, 1.807) is 12.4 Å². The van der Waals surface area contributed by atoms with Crippen molar-refractivity contribution in [2.75, 3.05) is 31.1 Å². The molecule has 7 heteroatoms. The molecule has 3 rings (SSSR count). The molecule has 0 aliphatic carbocycles. The second-order valence-electron chi connectivity index (χ2n) is 5.51. The third kappa shape index (κ3) is 3.62. The molecule has 6 nitrogen and oxygen atoms in total. The van der Waals surface area contributed by atoms with Crippen LogP contribution in [0.1, 0.15) is 5.56 Å². The molecule has 1 aliphatic rings. The highest BCUT2D eigenvalue weighted by Crippen LogP contribution is 2.29. The highest BCUT2D eigenvalue weighted by molar-refractivity contribution is 5.63. The maximum atomic E-state index is 13.5. The zero-order chi connectivity index (χ0) is 16.2. The van der Waals surface area contributed by atoms with Crippen molar-refractivity contribution in [2.24, 2.45) is 0 Å². The second kappa shape index (κ2) is 6.70. The molecule has 0 unspecified atom stereocenters. The molecule has 0 N–H and O–H groups in total. The first-order valence-electron chi connectivity index (χ1n) is 7.43. The summed E-state index contributed by atoms with van der Waals surface area (Å²) in [4.78, 5) is 18.8. The minimum absolute atomic E-state index is 0.0472. The number of piperazine rings is 1. The van der Waals surface area contributed by atoms with Gasteiger partial charge in [0.2, 0.25) is 0 Å². The van der Waals surface area contributed by atoms with Crippen LogP contribution in [0.5, 0.6) is 0 Å². The number of rotatable bonds is 4. The van der Waals surface area contributed by atoms with Crippen molar-refractivity contribution in [3.8, 4) is 0 Å². The van der Waals surface area contributed by atoms with E-state index in [1.807, 2.05) is 17.0 Å². The SMILES string of the molecule is O=[N+]([O-])c1ccc(F)cc1N1CCN(Cc2ccncc2)CC1. The maximum absolute atomic E-state index is 13.5. The molecular weight excluding hydrogens is 299 g/mol. The molecule has 1 saturated heterocycles. The van der Waals surface area contributed by atoms with Crippen LogP contribution < -0.4 is 4.90 Å². The molecule has 23 heavy (non-hydrogen) atoms. The lowest BCUT2D eigenvalue weighted by Gasteiger charge is -2.35. The molecule has 1 aromatic heterocycles.